The van der Waals surface area contributed by atoms with Gasteiger partial charge in [0.15, 0.2) is 78.4 Å². The van der Waals surface area contributed by atoms with Crippen molar-refractivity contribution in [1.29, 1.82) is 0 Å². The third kappa shape index (κ3) is 51.5. The van der Waals surface area contributed by atoms with Crippen LogP contribution in [0.5, 0.6) is 0 Å². The van der Waals surface area contributed by atoms with Gasteiger partial charge in [-0.1, -0.05) is 160 Å². The van der Waals surface area contributed by atoms with Crippen LogP contribution in [0.4, 0.5) is 31.7 Å². The zero-order chi connectivity index (χ0) is 103. The van der Waals surface area contributed by atoms with E-state index in [0.29, 0.717) is 39.8 Å². The summed E-state index contributed by atoms with van der Waals surface area (Å²) in [5.41, 5.74) is 13.5. The van der Waals surface area contributed by atoms with Crippen molar-refractivity contribution in [3.63, 3.8) is 0 Å². The second-order valence-electron chi connectivity index (χ2n) is 23.5. The first-order chi connectivity index (χ1) is 64.4. The third-order valence-electron chi connectivity index (χ3n) is 14.5. The van der Waals surface area contributed by atoms with Crippen molar-refractivity contribution in [2.24, 2.45) is 0 Å². The molecule has 46 nitrogen and oxygen atoms in total. The summed E-state index contributed by atoms with van der Waals surface area (Å²) in [6, 6.07) is 29.8. The Morgan fingerprint density at radius 1 is 0.473 bits per heavy atom. The number of ether oxygens (including phenoxy) is 5. The number of nitrogens with one attached hydrogen (secondary N) is 3. The van der Waals surface area contributed by atoms with E-state index in [0.717, 1.165) is 31.8 Å². The van der Waals surface area contributed by atoms with Crippen LogP contribution in [-0.4, -0.2) is 227 Å². The number of Topliss-reactive ketones (excluding diaryl/α,β-unsaturated/α-hetero) is 1. The number of aromatic amines is 2. The number of fused-ring (bicyclic) bond motifs is 6. The third-order valence-corrected chi connectivity index (χ3v) is 17.5. The van der Waals surface area contributed by atoms with Crippen LogP contribution in [0.25, 0.3) is 33.9 Å². The van der Waals surface area contributed by atoms with Gasteiger partial charge >= 0.3 is 163 Å². The molecule has 15 rings (SSSR count). The number of nitrogen functional groups attached to an aromatic ring is 2. The minimum atomic E-state index is -3.22. The van der Waals surface area contributed by atoms with E-state index in [1.54, 1.807) is 82.7 Å². The molecule has 0 amide bonds. The number of ketones is 1. The first-order valence-electron chi connectivity index (χ1n) is 38.2. The van der Waals surface area contributed by atoms with Crippen LogP contribution in [-0.2, 0) is 113 Å². The van der Waals surface area contributed by atoms with Crippen LogP contribution in [0.15, 0.2) is 151 Å². The minimum Gasteiger partial charge on any atom is -1.00 e. The Labute approximate surface area is 1050 Å². The van der Waals surface area contributed by atoms with E-state index < -0.39 is 103 Å². The second kappa shape index (κ2) is 83.7. The monoisotopic (exact) mass is 2610 g/mol. The molecular weight excluding hydrogens is 2520 g/mol. The first-order valence-corrected chi connectivity index (χ1v) is 45.7. The molecule has 13 heterocycles. The summed E-state index contributed by atoms with van der Waals surface area (Å²) in [6.07, 6.45) is 10.3. The normalized spacial score (nSPS) is 9.43. The molecule has 0 bridgehead atoms. The van der Waals surface area contributed by atoms with Crippen molar-refractivity contribution in [3.8, 4) is 0 Å². The Balaban J connectivity index is -0.000000178. The SMILES string of the molecule is C.C.CC.CC.CC(=O)O.CCOC(=O)C(=O)C(Cl)C(=O)OCC.CCOC(=O)c1nc2cc[nH]n2c(=O)c1Cl.CCOC(=O)c1nc2ccnn2c(Cl)c1Cl.CCOC(=O)c1nc2ccnn2c(F)c1Cl.Cc1c(Nc2ccccc2)c(C(=O)O)nc2ccnn12.Nc1ccccc1.Nc1ccn[nH]1.O=C(O)c1nc2ccnn2c(Cl)c1Cl.O=C(O)c1nc2ccnn2c(F)c1Cl.O=P(Cl)(Cl)Cl.[CH3-].[CH3-].[I-].[K+].[Na+].[Na+].[OH-].[OH-].[Y].[Y]. The molecule has 0 aliphatic carbocycles. The molecule has 1 unspecified atom stereocenters. The van der Waals surface area contributed by atoms with Crippen molar-refractivity contribution in [2.45, 2.75) is 96.4 Å². The average molecular weight is 2620 g/mol. The van der Waals surface area contributed by atoms with Gasteiger partial charge in [0.2, 0.25) is 17.3 Å². The van der Waals surface area contributed by atoms with E-state index in [9.17, 15) is 66.4 Å². The van der Waals surface area contributed by atoms with Gasteiger partial charge in [0.05, 0.1) is 81.6 Å². The van der Waals surface area contributed by atoms with Crippen molar-refractivity contribution in [2.75, 3.05) is 49.8 Å². The number of benzene rings is 2. The summed E-state index contributed by atoms with van der Waals surface area (Å²) in [5.74, 6) is -10.9. The van der Waals surface area contributed by atoms with Crippen molar-refractivity contribution >= 4 is 248 Å². The molecule has 0 aliphatic rings. The minimum absolute atomic E-state index is 0. The van der Waals surface area contributed by atoms with E-state index in [4.69, 9.17) is 139 Å². The Morgan fingerprint density at radius 2 is 0.784 bits per heavy atom. The number of carbonyl (C=O) groups is 10. The zero-order valence-corrected chi connectivity index (χ0v) is 104. The molecule has 66 heteroatoms. The quantitative estimate of drug-likeness (QED) is 0.00424. The topological polar surface area (TPSA) is 669 Å². The average Bonchev–Trinajstić information content (AvgIpc) is 1.59. The maximum atomic E-state index is 13.6. The number of anilines is 4. The molecule has 2 radical (unpaired) electrons. The molecule has 1 atom stereocenters. The number of nitrogens with two attached hydrogens (primary N) is 2. The molecule has 148 heavy (non-hydrogen) atoms. The molecule has 0 fully saturated rings. The number of carboxylic acids is 4. The number of aliphatic carboxylic acids is 1. The Hall–Kier alpha value is -6.76. The van der Waals surface area contributed by atoms with E-state index in [1.165, 1.54) is 58.2 Å². The molecular formula is C82H95Cl11F2IKN23Na2O23PY2-2. The second-order valence-corrected chi connectivity index (χ2v) is 33.2. The fourth-order valence-electron chi connectivity index (χ4n) is 9.18. The van der Waals surface area contributed by atoms with Gasteiger partial charge in [0, 0.05) is 126 Å². The van der Waals surface area contributed by atoms with Crippen LogP contribution in [0, 0.1) is 33.7 Å². The molecule has 790 valence electrons. The van der Waals surface area contributed by atoms with E-state index in [-0.39, 0.29) is 339 Å². The Morgan fingerprint density at radius 3 is 1.13 bits per heavy atom. The molecule has 0 saturated carbocycles. The number of aromatic nitrogens is 20. The van der Waals surface area contributed by atoms with Gasteiger partial charge < -0.3 is 111 Å². The molecule has 13 N–H and O–H groups in total. The standard InChI is InChI=1S/C14H12N4O2.C9H7Cl2N3O2.C9H7ClFN3O2.C9H8ClN3O3.C8H11ClO5.C7H3Cl2N3O2.C7H3ClFN3O2.C6H7N.C3H5N3.C2H4O2.2C2H6.2CH4.2CH3.Cl3OP.HI.K.2Na.2H2O.2Y/c1-9-12(16-10-5-3-2-4-6-10)13(14(19)20)17-11-7-8-15-18(9)11;2*1-2-16-9(15)7-6(10)8(11)14-5(13-7)3-4-12-14;1-2-16-9(15)7-6(10)8(14)13-5(12-7)3-4-11-13;1-3-13-7(11)5(9)6(10)8(12)14-4-2;2*8-4-5(7(13)14)11-3-1-2-10-12(3)6(4)9;7-6-4-2-1-3-5-6;4-3-1-2-5-6-3;1-2(3)4;2*1-2;;;;;1-5(2,3)4;;;;;;;;/h2-8,16H,1H3,(H,19,20);2*3-4H,2H2,1H3;3-4,11H,2H2,1H3;5H,3-4H2,1-2H3;2*1-2H,(H,13,14);1-5H,7H2;1-2H,(H3,4,5,6);1H3,(H,3,4);2*1-2H3;2*1H4;2*1H3;;1H;;;;2*1H2;;/q;;;;;;;;;;;;;;2*-1;;;3*+1;;;;/p-3. The molecule has 0 spiro atoms. The number of esters is 5. The zero-order valence-electron chi connectivity index (χ0n) is 79.7. The number of aromatic carboxylic acids is 3. The van der Waals surface area contributed by atoms with Crippen LogP contribution >= 0.6 is 132 Å². The largest absolute Gasteiger partial charge is 1.00 e. The van der Waals surface area contributed by atoms with Crippen molar-refractivity contribution in [1.82, 2.24) is 97.8 Å². The summed E-state index contributed by atoms with van der Waals surface area (Å²) in [6.45, 7) is 19.8. The van der Waals surface area contributed by atoms with E-state index in [1.807, 2.05) is 88.4 Å². The van der Waals surface area contributed by atoms with Crippen molar-refractivity contribution in [3.05, 3.63) is 259 Å². The molecule has 0 aliphatic heterocycles. The van der Waals surface area contributed by atoms with E-state index >= 15 is 0 Å². The number of H-pyrrole nitrogens is 2. The number of nitrogens with zero attached hydrogens (tertiary/aromatic N) is 18. The fraction of sp³-hybridized carbons (Fsp3) is 0.232. The Bertz CT molecular complexity index is 6520. The van der Waals surface area contributed by atoms with Gasteiger partial charge in [-0.25, -0.2) is 86.3 Å². The summed E-state index contributed by atoms with van der Waals surface area (Å²) in [5, 5.41) is 59.2. The van der Waals surface area contributed by atoms with Gasteiger partial charge in [0.25, 0.3) is 17.3 Å². The number of aryl methyl sites for hydroxylation is 1. The van der Waals surface area contributed by atoms with Crippen molar-refractivity contribution < 1.29 is 316 Å². The van der Waals surface area contributed by atoms with Crippen LogP contribution in [0.1, 0.15) is 153 Å². The molecule has 0 saturated heterocycles. The van der Waals surface area contributed by atoms with Gasteiger partial charge in [-0.05, 0) is 106 Å². The predicted octanol–water partition coefficient (Wildman–Crippen LogP) is 6.53. The number of rotatable bonds is 16. The number of hydrogen-bond donors (Lipinski definition) is 9. The molecule has 13 aromatic heterocycles. The number of carbonyl (C=O) groups excluding carboxylic acids is 6. The van der Waals surface area contributed by atoms with Crippen LogP contribution in [0.2, 0.25) is 35.4 Å². The maximum Gasteiger partial charge on any atom is 1.00 e. The fourth-order valence-corrected chi connectivity index (χ4v) is 10.8. The molecule has 15 aromatic rings. The predicted molar refractivity (Wildman–Crippen MR) is 532 cm³/mol. The first kappa shape index (κ1) is 161. The number of halogens is 14. The number of hydrogen-bond acceptors (Lipinski definition) is 34. The Kier molecular flexibility index (Phi) is 91.2. The summed E-state index contributed by atoms with van der Waals surface area (Å²) >= 11 is 59.4. The maximum absolute atomic E-state index is 13.6. The van der Waals surface area contributed by atoms with Gasteiger partial charge in [-0.15, -0.1) is 11.6 Å². The van der Waals surface area contributed by atoms with Crippen LogP contribution < -0.4 is 157 Å². The molecule has 2 aromatic carbocycles. The van der Waals surface area contributed by atoms with Gasteiger partial charge in [-0.3, -0.25) is 29.1 Å². The summed E-state index contributed by atoms with van der Waals surface area (Å²) in [7, 11) is 0. The van der Waals surface area contributed by atoms with Gasteiger partial charge in [0.1, 0.15) is 30.9 Å². The number of para-hydroxylation sites is 2. The summed E-state index contributed by atoms with van der Waals surface area (Å²) in [4.78, 5) is 144. The smallest absolute Gasteiger partial charge is 1.00 e. The number of carboxylic acid groups (broad SMARTS) is 4. The summed E-state index contributed by atoms with van der Waals surface area (Å²) < 4.78 is 66.6. The number of alkyl halides is 1. The van der Waals surface area contributed by atoms with E-state index in [2.05, 4.69) is 119 Å². The van der Waals surface area contributed by atoms with Crippen LogP contribution in [0.3, 0.4) is 0 Å². The van der Waals surface area contributed by atoms with Gasteiger partial charge in [-0.2, -0.15) is 48.4 Å².